The maximum absolute atomic E-state index is 2.49. The molecule has 0 radical (unpaired) electrons. The first kappa shape index (κ1) is 18.2. The molecule has 1 heteroatoms. The summed E-state index contributed by atoms with van der Waals surface area (Å²) in [5.41, 5.74) is 4.68. The molecule has 0 heterocycles. The van der Waals surface area contributed by atoms with Crippen LogP contribution >= 0.6 is 0 Å². The molecule has 0 aliphatic carbocycles. The number of nitrogens with zero attached hydrogens (tertiary/aromatic N) is 1. The monoisotopic (exact) mass is 263 g/mol. The Kier molecular flexibility index (Phi) is 10.6. The van der Waals surface area contributed by atoms with E-state index in [1.165, 1.54) is 24.0 Å². The topological polar surface area (TPSA) is 3.24 Å². The molecule has 0 aliphatic heterocycles. The van der Waals surface area contributed by atoms with Gasteiger partial charge in [0.1, 0.15) is 0 Å². The van der Waals surface area contributed by atoms with E-state index in [4.69, 9.17) is 0 Å². The van der Waals surface area contributed by atoms with Crippen LogP contribution in [0.1, 0.15) is 64.7 Å². The van der Waals surface area contributed by atoms with E-state index in [-0.39, 0.29) is 0 Å². The second-order valence-electron chi connectivity index (χ2n) is 4.62. The van der Waals surface area contributed by atoms with Crippen molar-refractivity contribution in [2.45, 2.75) is 67.3 Å². The maximum atomic E-state index is 2.49. The van der Waals surface area contributed by atoms with Crippen molar-refractivity contribution in [1.29, 1.82) is 0 Å². The molecular formula is C18H33N. The minimum absolute atomic E-state index is 1.11. The molecule has 1 rings (SSSR count). The van der Waals surface area contributed by atoms with E-state index in [0.717, 1.165) is 26.1 Å². The summed E-state index contributed by atoms with van der Waals surface area (Å²) in [6, 6.07) is 6.82. The lowest BCUT2D eigenvalue weighted by Crippen LogP contribution is -2.23. The van der Waals surface area contributed by atoms with Crippen LogP contribution in [-0.2, 0) is 19.4 Å². The highest BCUT2D eigenvalue weighted by molar-refractivity contribution is 5.35. The van der Waals surface area contributed by atoms with Gasteiger partial charge in [-0.2, -0.15) is 0 Å². The Labute approximate surface area is 121 Å². The lowest BCUT2D eigenvalue weighted by atomic mass is 9.95. The van der Waals surface area contributed by atoms with Crippen molar-refractivity contribution in [3.8, 4) is 0 Å². The summed E-state index contributed by atoms with van der Waals surface area (Å²) in [4.78, 5) is 2.49. The number of hydrogen-bond acceptors (Lipinski definition) is 1. The lowest BCUT2D eigenvalue weighted by Gasteiger charge is -2.21. The Morgan fingerprint density at radius 3 is 1.95 bits per heavy atom. The Morgan fingerprint density at radius 1 is 0.895 bits per heavy atom. The average molecular weight is 263 g/mol. The third-order valence-electron chi connectivity index (χ3n) is 3.54. The molecule has 0 fully saturated rings. The molecular weight excluding hydrogens is 230 g/mol. The van der Waals surface area contributed by atoms with E-state index < -0.39 is 0 Å². The molecule has 0 saturated carbocycles. The molecule has 0 amide bonds. The second kappa shape index (κ2) is 11.0. The van der Waals surface area contributed by atoms with Crippen molar-refractivity contribution < 1.29 is 0 Å². The fourth-order valence-corrected chi connectivity index (χ4v) is 2.43. The van der Waals surface area contributed by atoms with Crippen LogP contribution in [-0.4, -0.2) is 18.0 Å². The minimum Gasteiger partial charge on any atom is -0.300 e. The van der Waals surface area contributed by atoms with E-state index in [9.17, 15) is 0 Å². The standard InChI is InChI=1S/C16H27N.C2H6/c1-5-10-16-14(6-2)11-9-12-15(16)13-17(7-3)8-4;1-2/h9,11-12H,5-8,10,13H2,1-4H3;1-2H3. The lowest BCUT2D eigenvalue weighted by molar-refractivity contribution is 0.295. The van der Waals surface area contributed by atoms with E-state index in [2.05, 4.69) is 50.8 Å². The summed E-state index contributed by atoms with van der Waals surface area (Å²) in [6.07, 6.45) is 3.62. The summed E-state index contributed by atoms with van der Waals surface area (Å²) in [6.45, 7) is 16.4. The predicted octanol–water partition coefficient (Wildman–Crippen LogP) is 5.07. The molecule has 110 valence electrons. The molecule has 1 aromatic carbocycles. The van der Waals surface area contributed by atoms with Crippen molar-refractivity contribution >= 4 is 0 Å². The zero-order valence-corrected chi connectivity index (χ0v) is 13.9. The van der Waals surface area contributed by atoms with Gasteiger partial charge in [-0.15, -0.1) is 0 Å². The Balaban J connectivity index is 0.00000154. The fourth-order valence-electron chi connectivity index (χ4n) is 2.43. The zero-order chi connectivity index (χ0) is 14.7. The average Bonchev–Trinajstić information content (AvgIpc) is 2.48. The molecule has 0 bridgehead atoms. The van der Waals surface area contributed by atoms with E-state index in [1.807, 2.05) is 13.8 Å². The molecule has 1 aromatic rings. The van der Waals surface area contributed by atoms with E-state index in [1.54, 1.807) is 5.56 Å². The summed E-state index contributed by atoms with van der Waals surface area (Å²) in [5.74, 6) is 0. The summed E-state index contributed by atoms with van der Waals surface area (Å²) in [7, 11) is 0. The zero-order valence-electron chi connectivity index (χ0n) is 13.9. The summed E-state index contributed by atoms with van der Waals surface area (Å²) >= 11 is 0. The van der Waals surface area contributed by atoms with Gasteiger partial charge in [-0.25, -0.2) is 0 Å². The van der Waals surface area contributed by atoms with Crippen molar-refractivity contribution in [2.24, 2.45) is 0 Å². The second-order valence-corrected chi connectivity index (χ2v) is 4.62. The van der Waals surface area contributed by atoms with Gasteiger partial charge in [-0.05, 0) is 42.6 Å². The van der Waals surface area contributed by atoms with Crippen LogP contribution in [0.15, 0.2) is 18.2 Å². The van der Waals surface area contributed by atoms with Crippen molar-refractivity contribution in [3.05, 3.63) is 34.9 Å². The van der Waals surface area contributed by atoms with Crippen LogP contribution in [0.25, 0.3) is 0 Å². The molecule has 0 aromatic heterocycles. The van der Waals surface area contributed by atoms with Crippen LogP contribution in [0.3, 0.4) is 0 Å². The highest BCUT2D eigenvalue weighted by atomic mass is 15.1. The van der Waals surface area contributed by atoms with Crippen LogP contribution in [0.4, 0.5) is 0 Å². The number of aryl methyl sites for hydroxylation is 1. The molecule has 0 atom stereocenters. The van der Waals surface area contributed by atoms with Crippen LogP contribution < -0.4 is 0 Å². The Hall–Kier alpha value is -0.820. The van der Waals surface area contributed by atoms with Gasteiger partial charge in [-0.1, -0.05) is 66.2 Å². The van der Waals surface area contributed by atoms with Gasteiger partial charge in [0.05, 0.1) is 0 Å². The fraction of sp³-hybridized carbons (Fsp3) is 0.667. The Morgan fingerprint density at radius 2 is 1.47 bits per heavy atom. The largest absolute Gasteiger partial charge is 0.300 e. The first-order chi connectivity index (χ1) is 9.26. The first-order valence-electron chi connectivity index (χ1n) is 8.08. The van der Waals surface area contributed by atoms with Crippen LogP contribution in [0.5, 0.6) is 0 Å². The van der Waals surface area contributed by atoms with Gasteiger partial charge in [0, 0.05) is 6.54 Å². The smallest absolute Gasteiger partial charge is 0.0236 e. The van der Waals surface area contributed by atoms with Gasteiger partial charge >= 0.3 is 0 Å². The highest BCUT2D eigenvalue weighted by Gasteiger charge is 2.09. The SMILES string of the molecule is CC.CCCc1c(CC)cccc1CN(CC)CC. The first-order valence-corrected chi connectivity index (χ1v) is 8.08. The molecule has 0 N–H and O–H groups in total. The molecule has 1 nitrogen and oxygen atoms in total. The van der Waals surface area contributed by atoms with E-state index in [0.29, 0.717) is 0 Å². The Bertz CT molecular complexity index is 326. The van der Waals surface area contributed by atoms with Crippen LogP contribution in [0.2, 0.25) is 0 Å². The normalized spacial score (nSPS) is 10.3. The van der Waals surface area contributed by atoms with Crippen molar-refractivity contribution in [1.82, 2.24) is 4.90 Å². The van der Waals surface area contributed by atoms with Crippen LogP contribution in [0, 0.1) is 0 Å². The molecule has 0 aliphatic rings. The number of benzene rings is 1. The molecule has 19 heavy (non-hydrogen) atoms. The summed E-state index contributed by atoms with van der Waals surface area (Å²) < 4.78 is 0. The number of hydrogen-bond donors (Lipinski definition) is 0. The molecule has 0 saturated heterocycles. The predicted molar refractivity (Wildman–Crippen MR) is 87.8 cm³/mol. The maximum Gasteiger partial charge on any atom is 0.0236 e. The van der Waals surface area contributed by atoms with Crippen molar-refractivity contribution in [2.75, 3.05) is 13.1 Å². The van der Waals surface area contributed by atoms with Gasteiger partial charge in [-0.3, -0.25) is 4.90 Å². The number of rotatable bonds is 7. The third-order valence-corrected chi connectivity index (χ3v) is 3.54. The van der Waals surface area contributed by atoms with Gasteiger partial charge in [0.15, 0.2) is 0 Å². The van der Waals surface area contributed by atoms with Gasteiger partial charge < -0.3 is 0 Å². The van der Waals surface area contributed by atoms with Gasteiger partial charge in [0.25, 0.3) is 0 Å². The highest BCUT2D eigenvalue weighted by Crippen LogP contribution is 2.19. The molecule has 0 spiro atoms. The minimum atomic E-state index is 1.11. The third kappa shape index (κ3) is 5.78. The summed E-state index contributed by atoms with van der Waals surface area (Å²) in [5, 5.41) is 0. The quantitative estimate of drug-likeness (QED) is 0.664. The van der Waals surface area contributed by atoms with E-state index >= 15 is 0 Å². The van der Waals surface area contributed by atoms with Crippen molar-refractivity contribution in [3.63, 3.8) is 0 Å². The van der Waals surface area contributed by atoms with Gasteiger partial charge in [0.2, 0.25) is 0 Å². The molecule has 0 unspecified atom stereocenters.